The lowest BCUT2D eigenvalue weighted by Crippen LogP contribution is -2.14. The van der Waals surface area contributed by atoms with Gasteiger partial charge in [0.05, 0.1) is 10.6 Å². The summed E-state index contributed by atoms with van der Waals surface area (Å²) in [6.07, 6.45) is 0. The molecule has 2 N–H and O–H groups in total. The number of aryl methyl sites for hydroxylation is 1. The second-order valence-electron chi connectivity index (χ2n) is 4.78. The van der Waals surface area contributed by atoms with Gasteiger partial charge >= 0.3 is 0 Å². The lowest BCUT2D eigenvalue weighted by molar-refractivity contribution is -0.114. The minimum absolute atomic E-state index is 0.201. The predicted octanol–water partition coefficient (Wildman–Crippen LogP) is 3.52. The van der Waals surface area contributed by atoms with Crippen molar-refractivity contribution in [2.45, 2.75) is 18.7 Å². The summed E-state index contributed by atoms with van der Waals surface area (Å²) in [7, 11) is -3.70. The van der Waals surface area contributed by atoms with Gasteiger partial charge in [0.2, 0.25) is 5.91 Å². The van der Waals surface area contributed by atoms with Crippen molar-refractivity contribution < 1.29 is 13.2 Å². The molecule has 0 aromatic heterocycles. The van der Waals surface area contributed by atoms with Gasteiger partial charge in [0.15, 0.2) is 0 Å². The summed E-state index contributed by atoms with van der Waals surface area (Å²) in [4.78, 5) is 11.3. The van der Waals surface area contributed by atoms with Crippen molar-refractivity contribution >= 4 is 43.2 Å². The number of sulfonamides is 1. The van der Waals surface area contributed by atoms with Crippen molar-refractivity contribution in [1.82, 2.24) is 0 Å². The summed E-state index contributed by atoms with van der Waals surface area (Å²) in [6.45, 7) is 3.12. The first-order chi connectivity index (χ1) is 10.3. The number of benzene rings is 2. The maximum atomic E-state index is 12.5. The standard InChI is InChI=1S/C15H15BrN2O3S/c1-10-6-7-12(16)8-15(10)22(20,21)18-14-5-3-4-13(9-14)17-11(2)19/h3-9,18H,1-2H3,(H,17,19). The van der Waals surface area contributed by atoms with Crippen LogP contribution in [0.1, 0.15) is 12.5 Å². The summed E-state index contributed by atoms with van der Waals surface area (Å²) in [5, 5.41) is 2.61. The summed E-state index contributed by atoms with van der Waals surface area (Å²) in [6, 6.07) is 11.6. The Morgan fingerprint density at radius 1 is 1.09 bits per heavy atom. The molecule has 0 fully saturated rings. The van der Waals surface area contributed by atoms with E-state index in [1.807, 2.05) is 0 Å². The molecule has 0 heterocycles. The first kappa shape index (κ1) is 16.5. The van der Waals surface area contributed by atoms with Crippen LogP contribution in [0.5, 0.6) is 0 Å². The first-order valence-corrected chi connectivity index (χ1v) is 8.72. The molecule has 0 spiro atoms. The average molecular weight is 383 g/mol. The Hall–Kier alpha value is -1.86. The van der Waals surface area contributed by atoms with Crippen LogP contribution >= 0.6 is 15.9 Å². The van der Waals surface area contributed by atoms with Crippen molar-refractivity contribution in [3.63, 3.8) is 0 Å². The monoisotopic (exact) mass is 382 g/mol. The first-order valence-electron chi connectivity index (χ1n) is 6.44. The van der Waals surface area contributed by atoms with Crippen molar-refractivity contribution in [3.8, 4) is 0 Å². The van der Waals surface area contributed by atoms with Gasteiger partial charge in [-0.15, -0.1) is 0 Å². The summed E-state index contributed by atoms with van der Waals surface area (Å²) >= 11 is 3.27. The van der Waals surface area contributed by atoms with Gasteiger partial charge in [0.25, 0.3) is 10.0 Å². The highest BCUT2D eigenvalue weighted by atomic mass is 79.9. The molecular formula is C15H15BrN2O3S. The quantitative estimate of drug-likeness (QED) is 0.849. The minimum Gasteiger partial charge on any atom is -0.326 e. The maximum Gasteiger partial charge on any atom is 0.262 e. The Morgan fingerprint density at radius 3 is 2.45 bits per heavy atom. The molecule has 0 aliphatic rings. The molecule has 0 unspecified atom stereocenters. The third-order valence-corrected chi connectivity index (χ3v) is 4.89. The number of hydrogen-bond donors (Lipinski definition) is 2. The topological polar surface area (TPSA) is 75.3 Å². The number of amides is 1. The van der Waals surface area contributed by atoms with E-state index in [2.05, 4.69) is 26.0 Å². The van der Waals surface area contributed by atoms with Crippen LogP contribution in [0, 0.1) is 6.92 Å². The largest absolute Gasteiger partial charge is 0.326 e. The van der Waals surface area contributed by atoms with E-state index in [1.165, 1.54) is 6.92 Å². The van der Waals surface area contributed by atoms with Crippen LogP contribution in [-0.2, 0) is 14.8 Å². The van der Waals surface area contributed by atoms with Crippen LogP contribution in [0.25, 0.3) is 0 Å². The molecule has 0 saturated heterocycles. The molecule has 7 heteroatoms. The van der Waals surface area contributed by atoms with E-state index in [4.69, 9.17) is 0 Å². The molecular weight excluding hydrogens is 368 g/mol. The summed E-state index contributed by atoms with van der Waals surface area (Å²) in [5.41, 5.74) is 1.55. The van der Waals surface area contributed by atoms with E-state index in [-0.39, 0.29) is 10.8 Å². The Kier molecular flexibility index (Phi) is 4.87. The van der Waals surface area contributed by atoms with Crippen molar-refractivity contribution in [2.75, 3.05) is 10.0 Å². The fourth-order valence-electron chi connectivity index (χ4n) is 1.94. The smallest absolute Gasteiger partial charge is 0.262 e. The molecule has 5 nitrogen and oxygen atoms in total. The van der Waals surface area contributed by atoms with Gasteiger partial charge in [-0.1, -0.05) is 28.1 Å². The number of anilines is 2. The molecule has 2 rings (SSSR count). The van der Waals surface area contributed by atoms with Crippen LogP contribution in [0.15, 0.2) is 51.8 Å². The van der Waals surface area contributed by atoms with E-state index < -0.39 is 10.0 Å². The lowest BCUT2D eigenvalue weighted by atomic mass is 10.2. The zero-order valence-electron chi connectivity index (χ0n) is 12.1. The number of rotatable bonds is 4. The minimum atomic E-state index is -3.70. The van der Waals surface area contributed by atoms with Gasteiger partial charge in [-0.3, -0.25) is 9.52 Å². The van der Waals surface area contributed by atoms with Crippen LogP contribution in [0.2, 0.25) is 0 Å². The zero-order valence-corrected chi connectivity index (χ0v) is 14.5. The van der Waals surface area contributed by atoms with E-state index in [1.54, 1.807) is 49.4 Å². The van der Waals surface area contributed by atoms with Gasteiger partial charge in [-0.2, -0.15) is 0 Å². The Bertz CT molecular complexity index is 819. The molecule has 22 heavy (non-hydrogen) atoms. The van der Waals surface area contributed by atoms with Gasteiger partial charge in [-0.05, 0) is 42.8 Å². The van der Waals surface area contributed by atoms with Gasteiger partial charge in [0.1, 0.15) is 0 Å². The maximum absolute atomic E-state index is 12.5. The van der Waals surface area contributed by atoms with Gasteiger partial charge < -0.3 is 5.32 Å². The van der Waals surface area contributed by atoms with Crippen LogP contribution in [0.3, 0.4) is 0 Å². The molecule has 0 saturated carbocycles. The number of carbonyl (C=O) groups is 1. The SMILES string of the molecule is CC(=O)Nc1cccc(NS(=O)(=O)c2cc(Br)ccc2C)c1. The molecule has 2 aromatic rings. The molecule has 2 aromatic carbocycles. The Morgan fingerprint density at radius 2 is 1.77 bits per heavy atom. The molecule has 0 atom stereocenters. The highest BCUT2D eigenvalue weighted by Gasteiger charge is 2.17. The van der Waals surface area contributed by atoms with E-state index in [9.17, 15) is 13.2 Å². The predicted molar refractivity (Wildman–Crippen MR) is 90.4 cm³/mol. The Labute approximate surface area is 137 Å². The fraction of sp³-hybridized carbons (Fsp3) is 0.133. The number of carbonyl (C=O) groups excluding carboxylic acids is 1. The number of nitrogens with one attached hydrogen (secondary N) is 2. The normalized spacial score (nSPS) is 11.0. The molecule has 0 radical (unpaired) electrons. The molecule has 1 amide bonds. The van der Waals surface area contributed by atoms with Crippen molar-refractivity contribution in [1.29, 1.82) is 0 Å². The van der Waals surface area contributed by atoms with Gasteiger partial charge in [-0.25, -0.2) is 8.42 Å². The van der Waals surface area contributed by atoms with Crippen LogP contribution < -0.4 is 10.0 Å². The Balaban J connectivity index is 2.33. The van der Waals surface area contributed by atoms with Crippen LogP contribution in [0.4, 0.5) is 11.4 Å². The average Bonchev–Trinajstić information content (AvgIpc) is 2.40. The van der Waals surface area contributed by atoms with E-state index in [0.717, 1.165) is 0 Å². The molecule has 0 bridgehead atoms. The molecule has 116 valence electrons. The van der Waals surface area contributed by atoms with Crippen molar-refractivity contribution in [3.05, 3.63) is 52.5 Å². The highest BCUT2D eigenvalue weighted by molar-refractivity contribution is 9.10. The van der Waals surface area contributed by atoms with E-state index >= 15 is 0 Å². The highest BCUT2D eigenvalue weighted by Crippen LogP contribution is 2.24. The number of hydrogen-bond acceptors (Lipinski definition) is 3. The third-order valence-electron chi connectivity index (χ3n) is 2.87. The fourth-order valence-corrected chi connectivity index (χ4v) is 3.77. The lowest BCUT2D eigenvalue weighted by Gasteiger charge is -2.12. The second-order valence-corrected chi connectivity index (χ2v) is 7.34. The second kappa shape index (κ2) is 6.50. The van der Waals surface area contributed by atoms with Crippen molar-refractivity contribution in [2.24, 2.45) is 0 Å². The molecule has 0 aliphatic heterocycles. The third kappa shape index (κ3) is 4.08. The molecule has 0 aliphatic carbocycles. The zero-order chi connectivity index (χ0) is 16.3. The number of halogens is 1. The van der Waals surface area contributed by atoms with Crippen LogP contribution in [-0.4, -0.2) is 14.3 Å². The van der Waals surface area contributed by atoms with E-state index in [0.29, 0.717) is 21.4 Å². The summed E-state index contributed by atoms with van der Waals surface area (Å²) < 4.78 is 28.2. The summed E-state index contributed by atoms with van der Waals surface area (Å²) in [5.74, 6) is -0.220. The van der Waals surface area contributed by atoms with Gasteiger partial charge in [0, 0.05) is 17.1 Å².